The molecule has 21 heavy (non-hydrogen) atoms. The third-order valence-electron chi connectivity index (χ3n) is 3.29. The molecule has 0 aliphatic carbocycles. The lowest BCUT2D eigenvalue weighted by Crippen LogP contribution is -2.14. The fourth-order valence-corrected chi connectivity index (χ4v) is 3.09. The Balaban J connectivity index is 2.30. The zero-order valence-corrected chi connectivity index (χ0v) is 12.9. The summed E-state index contributed by atoms with van der Waals surface area (Å²) in [6, 6.07) is 13.6. The summed E-state index contributed by atoms with van der Waals surface area (Å²) >= 11 is 0. The minimum Gasteiger partial charge on any atom is -0.392 e. The van der Waals surface area contributed by atoms with E-state index < -0.39 is 10.0 Å². The first-order valence-electron chi connectivity index (χ1n) is 6.75. The summed E-state index contributed by atoms with van der Waals surface area (Å²) in [5, 5.41) is 9.25. The monoisotopic (exact) mass is 305 g/mol. The van der Waals surface area contributed by atoms with E-state index in [0.29, 0.717) is 17.2 Å². The topological polar surface area (TPSA) is 66.4 Å². The van der Waals surface area contributed by atoms with Gasteiger partial charge in [0, 0.05) is 5.56 Å². The SMILES string of the molecule is CC(C)c1ccc(S(=O)(=O)Nc2ccccc2CO)cc1. The van der Waals surface area contributed by atoms with Crippen molar-refractivity contribution >= 4 is 15.7 Å². The van der Waals surface area contributed by atoms with Crippen LogP contribution in [0.2, 0.25) is 0 Å². The van der Waals surface area contributed by atoms with E-state index in [-0.39, 0.29) is 11.5 Å². The maximum atomic E-state index is 12.4. The molecule has 2 rings (SSSR count). The summed E-state index contributed by atoms with van der Waals surface area (Å²) in [4.78, 5) is 0.208. The van der Waals surface area contributed by atoms with E-state index >= 15 is 0 Å². The van der Waals surface area contributed by atoms with E-state index in [1.165, 1.54) is 0 Å². The Morgan fingerprint density at radius 3 is 2.24 bits per heavy atom. The van der Waals surface area contributed by atoms with Crippen LogP contribution >= 0.6 is 0 Å². The van der Waals surface area contributed by atoms with Gasteiger partial charge in [0.1, 0.15) is 0 Å². The molecule has 2 aromatic carbocycles. The van der Waals surface area contributed by atoms with Crippen molar-refractivity contribution in [2.24, 2.45) is 0 Å². The highest BCUT2D eigenvalue weighted by Crippen LogP contribution is 2.22. The van der Waals surface area contributed by atoms with Crippen molar-refractivity contribution in [3.63, 3.8) is 0 Å². The van der Waals surface area contributed by atoms with Crippen molar-refractivity contribution in [1.82, 2.24) is 0 Å². The molecule has 0 amide bonds. The maximum absolute atomic E-state index is 12.4. The molecule has 0 saturated heterocycles. The van der Waals surface area contributed by atoms with E-state index in [4.69, 9.17) is 0 Å². The number of anilines is 1. The molecule has 0 heterocycles. The number of para-hydroxylation sites is 1. The highest BCUT2D eigenvalue weighted by atomic mass is 32.2. The van der Waals surface area contributed by atoms with Gasteiger partial charge in [-0.25, -0.2) is 8.42 Å². The molecular weight excluding hydrogens is 286 g/mol. The zero-order chi connectivity index (χ0) is 15.5. The first kappa shape index (κ1) is 15.5. The Labute approximate surface area is 125 Å². The predicted octanol–water partition coefficient (Wildman–Crippen LogP) is 3.10. The number of hydrogen-bond acceptors (Lipinski definition) is 3. The van der Waals surface area contributed by atoms with Crippen LogP contribution in [0.3, 0.4) is 0 Å². The maximum Gasteiger partial charge on any atom is 0.261 e. The normalized spacial score (nSPS) is 11.6. The standard InChI is InChI=1S/C16H19NO3S/c1-12(2)13-7-9-15(10-8-13)21(19,20)17-16-6-4-3-5-14(16)11-18/h3-10,12,17-18H,11H2,1-2H3. The molecule has 2 N–H and O–H groups in total. The van der Waals surface area contributed by atoms with Crippen molar-refractivity contribution in [2.75, 3.05) is 4.72 Å². The third kappa shape index (κ3) is 3.62. The Morgan fingerprint density at radius 2 is 1.67 bits per heavy atom. The van der Waals surface area contributed by atoms with Gasteiger partial charge in [0.2, 0.25) is 0 Å². The molecule has 0 unspecified atom stereocenters. The second-order valence-electron chi connectivity index (χ2n) is 5.14. The Hall–Kier alpha value is -1.85. The number of sulfonamides is 1. The van der Waals surface area contributed by atoms with Gasteiger partial charge in [-0.3, -0.25) is 4.72 Å². The van der Waals surface area contributed by atoms with Crippen LogP contribution in [0.25, 0.3) is 0 Å². The smallest absolute Gasteiger partial charge is 0.261 e. The minimum atomic E-state index is -3.65. The van der Waals surface area contributed by atoms with Crippen LogP contribution in [-0.4, -0.2) is 13.5 Å². The van der Waals surface area contributed by atoms with Crippen LogP contribution in [-0.2, 0) is 16.6 Å². The van der Waals surface area contributed by atoms with E-state index in [0.717, 1.165) is 5.56 Å². The molecule has 112 valence electrons. The van der Waals surface area contributed by atoms with Crippen LogP contribution in [0.15, 0.2) is 53.4 Å². The number of benzene rings is 2. The molecule has 0 saturated carbocycles. The third-order valence-corrected chi connectivity index (χ3v) is 4.67. The second kappa shape index (κ2) is 6.28. The van der Waals surface area contributed by atoms with Gasteiger partial charge in [-0.1, -0.05) is 44.2 Å². The number of hydrogen-bond donors (Lipinski definition) is 2. The molecule has 0 aromatic heterocycles. The average Bonchev–Trinajstić information content (AvgIpc) is 2.47. The lowest BCUT2D eigenvalue weighted by molar-refractivity contribution is 0.282. The highest BCUT2D eigenvalue weighted by molar-refractivity contribution is 7.92. The largest absolute Gasteiger partial charge is 0.392 e. The fraction of sp³-hybridized carbons (Fsp3) is 0.250. The molecular formula is C16H19NO3S. The Kier molecular flexibility index (Phi) is 4.65. The van der Waals surface area contributed by atoms with E-state index in [1.807, 2.05) is 12.1 Å². The Morgan fingerprint density at radius 1 is 1.05 bits per heavy atom. The summed E-state index contributed by atoms with van der Waals surface area (Å²) in [6.45, 7) is 3.89. The number of aliphatic hydroxyl groups is 1. The first-order valence-corrected chi connectivity index (χ1v) is 8.24. The van der Waals surface area contributed by atoms with E-state index in [1.54, 1.807) is 36.4 Å². The lowest BCUT2D eigenvalue weighted by Gasteiger charge is -2.12. The van der Waals surface area contributed by atoms with Gasteiger partial charge in [-0.15, -0.1) is 0 Å². The summed E-state index contributed by atoms with van der Waals surface area (Å²) in [5.41, 5.74) is 2.03. The molecule has 0 aliphatic heterocycles. The van der Waals surface area contributed by atoms with E-state index in [9.17, 15) is 13.5 Å². The van der Waals surface area contributed by atoms with Crippen molar-refractivity contribution in [2.45, 2.75) is 31.3 Å². The van der Waals surface area contributed by atoms with Crippen molar-refractivity contribution < 1.29 is 13.5 Å². The average molecular weight is 305 g/mol. The molecule has 0 atom stereocenters. The minimum absolute atomic E-state index is 0.208. The summed E-state index contributed by atoms with van der Waals surface area (Å²) in [7, 11) is -3.65. The molecule has 0 radical (unpaired) electrons. The molecule has 2 aromatic rings. The second-order valence-corrected chi connectivity index (χ2v) is 6.83. The fourth-order valence-electron chi connectivity index (χ4n) is 1.99. The van der Waals surface area contributed by atoms with Crippen LogP contribution < -0.4 is 4.72 Å². The quantitative estimate of drug-likeness (QED) is 0.892. The Bertz CT molecular complexity index is 707. The molecule has 0 fully saturated rings. The van der Waals surface area contributed by atoms with Crippen LogP contribution in [0.1, 0.15) is 30.9 Å². The van der Waals surface area contributed by atoms with Gasteiger partial charge >= 0.3 is 0 Å². The summed E-state index contributed by atoms with van der Waals surface area (Å²) < 4.78 is 27.2. The molecule has 5 heteroatoms. The van der Waals surface area contributed by atoms with Crippen LogP contribution in [0, 0.1) is 0 Å². The lowest BCUT2D eigenvalue weighted by atomic mass is 10.0. The predicted molar refractivity (Wildman–Crippen MR) is 83.7 cm³/mol. The van der Waals surface area contributed by atoms with E-state index in [2.05, 4.69) is 18.6 Å². The molecule has 0 bridgehead atoms. The van der Waals surface area contributed by atoms with Crippen molar-refractivity contribution in [3.05, 3.63) is 59.7 Å². The number of nitrogens with one attached hydrogen (secondary N) is 1. The summed E-state index contributed by atoms with van der Waals surface area (Å²) in [6.07, 6.45) is 0. The van der Waals surface area contributed by atoms with Crippen molar-refractivity contribution in [3.8, 4) is 0 Å². The van der Waals surface area contributed by atoms with Gasteiger partial charge in [0.15, 0.2) is 0 Å². The molecule has 0 aliphatic rings. The number of rotatable bonds is 5. The molecule has 4 nitrogen and oxygen atoms in total. The van der Waals surface area contributed by atoms with Crippen LogP contribution in [0.5, 0.6) is 0 Å². The van der Waals surface area contributed by atoms with Gasteiger partial charge in [-0.05, 0) is 29.7 Å². The number of aliphatic hydroxyl groups excluding tert-OH is 1. The van der Waals surface area contributed by atoms with Crippen molar-refractivity contribution in [1.29, 1.82) is 0 Å². The summed E-state index contributed by atoms with van der Waals surface area (Å²) in [5.74, 6) is 0.352. The first-order chi connectivity index (χ1) is 9.94. The molecule has 0 spiro atoms. The van der Waals surface area contributed by atoms with Gasteiger partial charge < -0.3 is 5.11 Å². The van der Waals surface area contributed by atoms with Gasteiger partial charge in [0.25, 0.3) is 10.0 Å². The van der Waals surface area contributed by atoms with Gasteiger partial charge in [0.05, 0.1) is 17.2 Å². The van der Waals surface area contributed by atoms with Crippen LogP contribution in [0.4, 0.5) is 5.69 Å². The zero-order valence-electron chi connectivity index (χ0n) is 12.1. The van der Waals surface area contributed by atoms with Gasteiger partial charge in [-0.2, -0.15) is 0 Å². The highest BCUT2D eigenvalue weighted by Gasteiger charge is 2.15.